The van der Waals surface area contributed by atoms with Gasteiger partial charge in [0.25, 0.3) is 0 Å². The lowest BCUT2D eigenvalue weighted by Gasteiger charge is -2.09. The molecule has 6 nitrogen and oxygen atoms in total. The second kappa shape index (κ2) is 5.72. The van der Waals surface area contributed by atoms with E-state index in [-0.39, 0.29) is 0 Å². The maximum atomic E-state index is 4.91. The SMILES string of the molecule is c1ccc2c(c1)N=C(c1nc3ccccc3[nH]1)c1nc3ccccc3nc1N2. The molecular weight excluding hydrogens is 348 g/mol. The summed E-state index contributed by atoms with van der Waals surface area (Å²) in [6, 6.07) is 23.7. The van der Waals surface area contributed by atoms with Gasteiger partial charge in [-0.25, -0.2) is 19.9 Å². The number of aliphatic imine (C=N–C) groups is 1. The molecule has 132 valence electrons. The molecular formula is C22H14N6. The molecule has 0 radical (unpaired) electrons. The largest absolute Gasteiger partial charge is 0.337 e. The molecule has 1 aliphatic rings. The molecule has 28 heavy (non-hydrogen) atoms. The summed E-state index contributed by atoms with van der Waals surface area (Å²) in [6.45, 7) is 0. The van der Waals surface area contributed by atoms with Crippen molar-refractivity contribution in [2.24, 2.45) is 4.99 Å². The molecule has 0 fully saturated rings. The van der Waals surface area contributed by atoms with E-state index in [1.165, 1.54) is 0 Å². The van der Waals surface area contributed by atoms with E-state index in [4.69, 9.17) is 19.9 Å². The van der Waals surface area contributed by atoms with Gasteiger partial charge in [0.1, 0.15) is 11.4 Å². The van der Waals surface area contributed by atoms with Gasteiger partial charge in [0.05, 0.1) is 33.4 Å². The number of rotatable bonds is 1. The Hall–Kier alpha value is -4.06. The molecule has 0 bridgehead atoms. The first-order chi connectivity index (χ1) is 13.8. The topological polar surface area (TPSA) is 78.8 Å². The second-order valence-electron chi connectivity index (χ2n) is 6.61. The fourth-order valence-corrected chi connectivity index (χ4v) is 3.46. The van der Waals surface area contributed by atoms with Gasteiger partial charge in [-0.05, 0) is 36.4 Å². The first-order valence-electron chi connectivity index (χ1n) is 9.02. The number of nitrogens with zero attached hydrogens (tertiary/aromatic N) is 4. The number of hydrogen-bond acceptors (Lipinski definition) is 5. The molecule has 0 amide bonds. The van der Waals surface area contributed by atoms with Gasteiger partial charge in [0.2, 0.25) is 0 Å². The van der Waals surface area contributed by atoms with Crippen LogP contribution in [0.4, 0.5) is 17.2 Å². The fourth-order valence-electron chi connectivity index (χ4n) is 3.46. The Morgan fingerprint density at radius 1 is 0.643 bits per heavy atom. The number of imidazole rings is 1. The highest BCUT2D eigenvalue weighted by Gasteiger charge is 2.23. The molecule has 2 N–H and O–H groups in total. The van der Waals surface area contributed by atoms with Gasteiger partial charge < -0.3 is 10.3 Å². The van der Waals surface area contributed by atoms with Crippen LogP contribution < -0.4 is 5.32 Å². The van der Waals surface area contributed by atoms with Gasteiger partial charge >= 0.3 is 0 Å². The third-order valence-corrected chi connectivity index (χ3v) is 4.80. The Labute approximate surface area is 160 Å². The monoisotopic (exact) mass is 362 g/mol. The van der Waals surface area contributed by atoms with E-state index in [9.17, 15) is 0 Å². The van der Waals surface area contributed by atoms with E-state index in [2.05, 4.69) is 10.3 Å². The summed E-state index contributed by atoms with van der Waals surface area (Å²) in [6.07, 6.45) is 0. The van der Waals surface area contributed by atoms with E-state index in [1.54, 1.807) is 0 Å². The number of H-pyrrole nitrogens is 1. The number of hydrogen-bond donors (Lipinski definition) is 2. The highest BCUT2D eigenvalue weighted by molar-refractivity contribution is 6.16. The number of aromatic amines is 1. The number of aromatic nitrogens is 4. The highest BCUT2D eigenvalue weighted by atomic mass is 15.1. The lowest BCUT2D eigenvalue weighted by molar-refractivity contribution is 1.22. The molecule has 0 saturated carbocycles. The zero-order valence-electron chi connectivity index (χ0n) is 14.7. The highest BCUT2D eigenvalue weighted by Crippen LogP contribution is 2.34. The van der Waals surface area contributed by atoms with Gasteiger partial charge in [-0.15, -0.1) is 0 Å². The summed E-state index contributed by atoms with van der Waals surface area (Å²) in [5.74, 6) is 1.34. The molecule has 6 rings (SSSR count). The summed E-state index contributed by atoms with van der Waals surface area (Å²) < 4.78 is 0. The molecule has 3 aromatic carbocycles. The van der Waals surface area contributed by atoms with Crippen molar-refractivity contribution in [2.75, 3.05) is 5.32 Å². The number of benzene rings is 3. The smallest absolute Gasteiger partial charge is 0.159 e. The van der Waals surface area contributed by atoms with Crippen molar-refractivity contribution in [3.63, 3.8) is 0 Å². The van der Waals surface area contributed by atoms with Crippen LogP contribution in [0.5, 0.6) is 0 Å². The number of anilines is 2. The van der Waals surface area contributed by atoms with E-state index in [0.717, 1.165) is 33.4 Å². The normalized spacial score (nSPS) is 12.8. The zero-order chi connectivity index (χ0) is 18.5. The van der Waals surface area contributed by atoms with Gasteiger partial charge in [0.15, 0.2) is 11.6 Å². The van der Waals surface area contributed by atoms with Crippen molar-refractivity contribution < 1.29 is 0 Å². The molecule has 6 heteroatoms. The predicted molar refractivity (Wildman–Crippen MR) is 111 cm³/mol. The van der Waals surface area contributed by atoms with Crippen LogP contribution in [-0.4, -0.2) is 25.6 Å². The Morgan fingerprint density at radius 3 is 2.21 bits per heavy atom. The van der Waals surface area contributed by atoms with Gasteiger partial charge in [-0.1, -0.05) is 36.4 Å². The van der Waals surface area contributed by atoms with Crippen LogP contribution in [0.3, 0.4) is 0 Å². The van der Waals surface area contributed by atoms with Crippen molar-refractivity contribution >= 4 is 45.0 Å². The van der Waals surface area contributed by atoms with Gasteiger partial charge in [-0.2, -0.15) is 0 Å². The third-order valence-electron chi connectivity index (χ3n) is 4.80. The zero-order valence-corrected chi connectivity index (χ0v) is 14.7. The van der Waals surface area contributed by atoms with Crippen LogP contribution >= 0.6 is 0 Å². The molecule has 0 saturated heterocycles. The van der Waals surface area contributed by atoms with Crippen molar-refractivity contribution in [1.82, 2.24) is 19.9 Å². The Bertz CT molecular complexity index is 1370. The maximum Gasteiger partial charge on any atom is 0.159 e. The first-order valence-corrected chi connectivity index (χ1v) is 9.02. The van der Waals surface area contributed by atoms with Crippen molar-refractivity contribution in [2.45, 2.75) is 0 Å². The summed E-state index contributed by atoms with van der Waals surface area (Å²) in [4.78, 5) is 22.7. The summed E-state index contributed by atoms with van der Waals surface area (Å²) in [7, 11) is 0. The van der Waals surface area contributed by atoms with Crippen LogP contribution in [0.2, 0.25) is 0 Å². The second-order valence-corrected chi connectivity index (χ2v) is 6.61. The van der Waals surface area contributed by atoms with Crippen LogP contribution in [-0.2, 0) is 0 Å². The molecule has 2 aromatic heterocycles. The fraction of sp³-hybridized carbons (Fsp3) is 0. The Kier molecular flexibility index (Phi) is 3.07. The quantitative estimate of drug-likeness (QED) is 0.443. The Morgan fingerprint density at radius 2 is 1.36 bits per heavy atom. The lowest BCUT2D eigenvalue weighted by atomic mass is 10.2. The first kappa shape index (κ1) is 15.0. The summed E-state index contributed by atoms with van der Waals surface area (Å²) in [5, 5.41) is 3.40. The number of para-hydroxylation sites is 6. The molecule has 5 aromatic rings. The molecule has 0 atom stereocenters. The van der Waals surface area contributed by atoms with Gasteiger partial charge in [-0.3, -0.25) is 0 Å². The van der Waals surface area contributed by atoms with E-state index < -0.39 is 0 Å². The average molecular weight is 362 g/mol. The number of fused-ring (bicyclic) bond motifs is 4. The minimum atomic E-state index is 0.668. The van der Waals surface area contributed by atoms with Crippen molar-refractivity contribution in [3.8, 4) is 0 Å². The average Bonchev–Trinajstić information content (AvgIpc) is 3.09. The molecule has 0 unspecified atom stereocenters. The van der Waals surface area contributed by atoms with Crippen LogP contribution in [0, 0.1) is 0 Å². The molecule has 0 aliphatic carbocycles. The van der Waals surface area contributed by atoms with Crippen LogP contribution in [0.1, 0.15) is 11.5 Å². The predicted octanol–water partition coefficient (Wildman–Crippen LogP) is 4.73. The molecule has 3 heterocycles. The van der Waals surface area contributed by atoms with Crippen molar-refractivity contribution in [1.29, 1.82) is 0 Å². The van der Waals surface area contributed by atoms with E-state index >= 15 is 0 Å². The lowest BCUT2D eigenvalue weighted by Crippen LogP contribution is -2.11. The minimum Gasteiger partial charge on any atom is -0.337 e. The minimum absolute atomic E-state index is 0.668. The number of nitrogens with one attached hydrogen (secondary N) is 2. The van der Waals surface area contributed by atoms with E-state index in [0.29, 0.717) is 23.0 Å². The molecule has 1 aliphatic heterocycles. The van der Waals surface area contributed by atoms with Crippen molar-refractivity contribution in [3.05, 3.63) is 84.3 Å². The van der Waals surface area contributed by atoms with Crippen LogP contribution in [0.25, 0.3) is 22.1 Å². The third kappa shape index (κ3) is 2.28. The van der Waals surface area contributed by atoms with Gasteiger partial charge in [0, 0.05) is 0 Å². The Balaban J connectivity index is 1.67. The molecule has 0 spiro atoms. The summed E-state index contributed by atoms with van der Waals surface area (Å²) in [5.41, 5.74) is 6.55. The van der Waals surface area contributed by atoms with Crippen LogP contribution in [0.15, 0.2) is 77.8 Å². The summed E-state index contributed by atoms with van der Waals surface area (Å²) >= 11 is 0. The maximum absolute atomic E-state index is 4.91. The van der Waals surface area contributed by atoms with E-state index in [1.807, 2.05) is 72.8 Å². The standard InChI is InChI=1S/C22H14N6/c1-3-9-15-13(7-1)23-19-20(22-27-17-11-5-6-12-18(17)28-22)24-14-8-2-4-10-16(14)26-21(19)25-15/h1-12H,(H,25,26)(H,27,28).